The predicted octanol–water partition coefficient (Wildman–Crippen LogP) is 3.15. The lowest BCUT2D eigenvalue weighted by Crippen LogP contribution is -2.02. The van der Waals surface area contributed by atoms with Crippen molar-refractivity contribution in [2.75, 3.05) is 0 Å². The van der Waals surface area contributed by atoms with Crippen LogP contribution in [0, 0.1) is 11.3 Å². The molecule has 0 amide bonds. The maximum atomic E-state index is 9.43. The minimum Gasteiger partial charge on any atom is -0.489 e. The second-order valence-corrected chi connectivity index (χ2v) is 4.97. The highest BCUT2D eigenvalue weighted by Gasteiger charge is 2.26. The molecule has 0 unspecified atom stereocenters. The molecule has 1 heterocycles. The zero-order valence-electron chi connectivity index (χ0n) is 10.4. The van der Waals surface area contributed by atoms with Gasteiger partial charge < -0.3 is 4.74 Å². The van der Waals surface area contributed by atoms with Crippen LogP contribution in [0.3, 0.4) is 0 Å². The van der Waals surface area contributed by atoms with E-state index in [1.165, 1.54) is 0 Å². The van der Waals surface area contributed by atoms with Crippen LogP contribution in [0.2, 0.25) is 5.02 Å². The van der Waals surface area contributed by atoms with Gasteiger partial charge in [-0.2, -0.15) is 10.4 Å². The summed E-state index contributed by atoms with van der Waals surface area (Å²) in [5.41, 5.74) is 1.97. The Balaban J connectivity index is 2.16. The van der Waals surface area contributed by atoms with E-state index in [4.69, 9.17) is 16.3 Å². The van der Waals surface area contributed by atoms with Crippen molar-refractivity contribution >= 4 is 11.6 Å². The molecule has 0 N–H and O–H groups in total. The minimum atomic E-state index is 0.243. The first-order chi connectivity index (χ1) is 9.20. The van der Waals surface area contributed by atoms with E-state index in [9.17, 15) is 5.26 Å². The number of halogens is 1. The quantitative estimate of drug-likeness (QED) is 0.863. The van der Waals surface area contributed by atoms with Gasteiger partial charge in [-0.05, 0) is 31.0 Å². The molecule has 1 saturated carbocycles. The average Bonchev–Trinajstić information content (AvgIpc) is 3.12. The molecule has 1 fully saturated rings. The normalized spacial score (nSPS) is 14.2. The largest absolute Gasteiger partial charge is 0.489 e. The maximum Gasteiger partial charge on any atom is 0.138 e. The summed E-state index contributed by atoms with van der Waals surface area (Å²) >= 11 is 6.25. The summed E-state index contributed by atoms with van der Waals surface area (Å²) < 4.78 is 7.47. The fourth-order valence-corrected chi connectivity index (χ4v) is 2.26. The predicted molar refractivity (Wildman–Crippen MR) is 72.0 cm³/mol. The monoisotopic (exact) mass is 273 g/mol. The number of ether oxygens (including phenoxy) is 1. The van der Waals surface area contributed by atoms with Crippen LogP contribution in [0.25, 0.3) is 11.3 Å². The molecule has 0 radical (unpaired) electrons. The second-order valence-electron chi connectivity index (χ2n) is 4.56. The molecular formula is C14H12ClN3O. The van der Waals surface area contributed by atoms with Gasteiger partial charge in [0.2, 0.25) is 0 Å². The minimum absolute atomic E-state index is 0.243. The standard InChI is InChI=1S/C14H12ClN3O/c1-18-12(6-7-17-18)14-10(8-16)13(5-4-11(14)15)19-9-2-3-9/h4-7,9H,2-3H2,1H3. The van der Waals surface area contributed by atoms with E-state index in [2.05, 4.69) is 11.2 Å². The highest BCUT2D eigenvalue weighted by molar-refractivity contribution is 6.33. The number of nitrogens with zero attached hydrogens (tertiary/aromatic N) is 3. The van der Waals surface area contributed by atoms with Gasteiger partial charge in [0, 0.05) is 18.8 Å². The van der Waals surface area contributed by atoms with Crippen molar-refractivity contribution in [2.24, 2.45) is 7.05 Å². The third-order valence-electron chi connectivity index (χ3n) is 3.12. The van der Waals surface area contributed by atoms with E-state index >= 15 is 0 Å². The molecule has 5 heteroatoms. The number of aromatic nitrogens is 2. The average molecular weight is 274 g/mol. The van der Waals surface area contributed by atoms with Crippen LogP contribution >= 0.6 is 11.6 Å². The van der Waals surface area contributed by atoms with Crippen LogP contribution < -0.4 is 4.74 Å². The zero-order chi connectivity index (χ0) is 13.4. The Morgan fingerprint density at radius 3 is 2.79 bits per heavy atom. The lowest BCUT2D eigenvalue weighted by Gasteiger charge is -2.12. The summed E-state index contributed by atoms with van der Waals surface area (Å²) in [5.74, 6) is 0.602. The molecule has 0 atom stereocenters. The van der Waals surface area contributed by atoms with E-state index in [-0.39, 0.29) is 6.10 Å². The van der Waals surface area contributed by atoms with E-state index in [0.717, 1.165) is 18.5 Å². The smallest absolute Gasteiger partial charge is 0.138 e. The molecular weight excluding hydrogens is 262 g/mol. The van der Waals surface area contributed by atoms with Gasteiger partial charge in [-0.1, -0.05) is 11.6 Å². The van der Waals surface area contributed by atoms with Gasteiger partial charge in [-0.25, -0.2) is 0 Å². The van der Waals surface area contributed by atoms with Gasteiger partial charge in [-0.3, -0.25) is 4.68 Å². The van der Waals surface area contributed by atoms with E-state index < -0.39 is 0 Å². The Kier molecular flexibility index (Phi) is 2.92. The van der Waals surface area contributed by atoms with Gasteiger partial charge in [-0.15, -0.1) is 0 Å². The number of aryl methyl sites for hydroxylation is 1. The van der Waals surface area contributed by atoms with Crippen LogP contribution in [0.15, 0.2) is 24.4 Å². The summed E-state index contributed by atoms with van der Waals surface area (Å²) in [7, 11) is 1.82. The fraction of sp³-hybridized carbons (Fsp3) is 0.286. The lowest BCUT2D eigenvalue weighted by molar-refractivity contribution is 0.302. The Morgan fingerprint density at radius 2 is 2.21 bits per heavy atom. The van der Waals surface area contributed by atoms with Crippen molar-refractivity contribution in [3.05, 3.63) is 35.0 Å². The number of benzene rings is 1. The Morgan fingerprint density at radius 1 is 1.42 bits per heavy atom. The van der Waals surface area contributed by atoms with Gasteiger partial charge >= 0.3 is 0 Å². The molecule has 1 aromatic heterocycles. The lowest BCUT2D eigenvalue weighted by atomic mass is 10.0. The number of hydrogen-bond donors (Lipinski definition) is 0. The molecule has 1 aromatic carbocycles. The van der Waals surface area contributed by atoms with E-state index in [1.807, 2.05) is 13.1 Å². The summed E-state index contributed by atoms with van der Waals surface area (Å²) in [4.78, 5) is 0. The molecule has 19 heavy (non-hydrogen) atoms. The molecule has 0 saturated heterocycles. The topological polar surface area (TPSA) is 50.8 Å². The van der Waals surface area contributed by atoms with Crippen molar-refractivity contribution in [2.45, 2.75) is 18.9 Å². The first-order valence-corrected chi connectivity index (χ1v) is 6.46. The van der Waals surface area contributed by atoms with Gasteiger partial charge in [0.1, 0.15) is 17.4 Å². The third kappa shape index (κ3) is 2.18. The first-order valence-electron chi connectivity index (χ1n) is 6.08. The van der Waals surface area contributed by atoms with E-state index in [0.29, 0.717) is 21.9 Å². The summed E-state index contributed by atoms with van der Waals surface area (Å²) in [6.07, 6.45) is 4.03. The van der Waals surface area contributed by atoms with Crippen LogP contribution in [0.4, 0.5) is 0 Å². The molecule has 3 rings (SSSR count). The van der Waals surface area contributed by atoms with Crippen LogP contribution in [0.5, 0.6) is 5.75 Å². The molecule has 0 spiro atoms. The van der Waals surface area contributed by atoms with E-state index in [1.54, 1.807) is 23.0 Å². The van der Waals surface area contributed by atoms with Crippen molar-refractivity contribution in [1.82, 2.24) is 9.78 Å². The number of hydrogen-bond acceptors (Lipinski definition) is 3. The van der Waals surface area contributed by atoms with Gasteiger partial charge in [0.25, 0.3) is 0 Å². The fourth-order valence-electron chi connectivity index (χ4n) is 2.00. The first kappa shape index (κ1) is 12.1. The Bertz CT molecular complexity index is 668. The van der Waals surface area contributed by atoms with Gasteiger partial charge in [0.05, 0.1) is 16.8 Å². The molecule has 4 nitrogen and oxygen atoms in total. The SMILES string of the molecule is Cn1nccc1-c1c(Cl)ccc(OC2CC2)c1C#N. The molecule has 2 aromatic rings. The van der Waals surface area contributed by atoms with Crippen LogP contribution in [0.1, 0.15) is 18.4 Å². The van der Waals surface area contributed by atoms with Crippen molar-refractivity contribution in [1.29, 1.82) is 5.26 Å². The van der Waals surface area contributed by atoms with Crippen LogP contribution in [-0.4, -0.2) is 15.9 Å². The molecule has 1 aliphatic rings. The molecule has 0 aliphatic heterocycles. The second kappa shape index (κ2) is 4.60. The summed E-state index contributed by atoms with van der Waals surface area (Å²) in [6.45, 7) is 0. The highest BCUT2D eigenvalue weighted by atomic mass is 35.5. The van der Waals surface area contributed by atoms with Crippen molar-refractivity contribution in [3.8, 4) is 23.1 Å². The maximum absolute atomic E-state index is 9.43. The Labute approximate surface area is 116 Å². The van der Waals surface area contributed by atoms with Crippen molar-refractivity contribution in [3.63, 3.8) is 0 Å². The summed E-state index contributed by atoms with van der Waals surface area (Å²) in [6, 6.07) is 7.57. The molecule has 0 bridgehead atoms. The molecule has 1 aliphatic carbocycles. The Hall–Kier alpha value is -1.99. The highest BCUT2D eigenvalue weighted by Crippen LogP contribution is 2.38. The van der Waals surface area contributed by atoms with Crippen LogP contribution in [-0.2, 0) is 7.05 Å². The zero-order valence-corrected chi connectivity index (χ0v) is 11.2. The van der Waals surface area contributed by atoms with Gasteiger partial charge in [0.15, 0.2) is 0 Å². The third-order valence-corrected chi connectivity index (χ3v) is 3.44. The number of rotatable bonds is 3. The number of nitriles is 1. The van der Waals surface area contributed by atoms with Crippen molar-refractivity contribution < 1.29 is 4.74 Å². The molecule has 96 valence electrons. The summed E-state index contributed by atoms with van der Waals surface area (Å²) in [5, 5.41) is 14.1.